The Morgan fingerprint density at radius 1 is 0.933 bits per heavy atom. The van der Waals surface area contributed by atoms with E-state index in [2.05, 4.69) is 0 Å². The van der Waals surface area contributed by atoms with Gasteiger partial charge in [0, 0.05) is 31.7 Å². The molecule has 1 aliphatic rings. The molecule has 1 atom stereocenters. The van der Waals surface area contributed by atoms with Crippen molar-refractivity contribution in [3.8, 4) is 0 Å². The van der Waals surface area contributed by atoms with E-state index in [1.807, 2.05) is 19.1 Å². The molecule has 0 saturated carbocycles. The molecule has 2 aromatic rings. The van der Waals surface area contributed by atoms with E-state index >= 15 is 0 Å². The van der Waals surface area contributed by atoms with Gasteiger partial charge in [-0.1, -0.05) is 19.1 Å². The van der Waals surface area contributed by atoms with E-state index < -0.39 is 26.8 Å². The topological polar surface area (TPSA) is 74.8 Å². The third-order valence-corrected chi connectivity index (χ3v) is 7.50. The van der Waals surface area contributed by atoms with Gasteiger partial charge in [0.1, 0.15) is 11.1 Å². The van der Waals surface area contributed by atoms with E-state index in [1.54, 1.807) is 17.0 Å². The fourth-order valence-electron chi connectivity index (χ4n) is 3.41. The zero-order chi connectivity index (χ0) is 21.9. The van der Waals surface area contributed by atoms with Crippen molar-refractivity contribution in [3.63, 3.8) is 0 Å². The number of benzene rings is 2. The van der Waals surface area contributed by atoms with Crippen LogP contribution in [-0.4, -0.2) is 61.5 Å². The van der Waals surface area contributed by atoms with Crippen LogP contribution in [0.25, 0.3) is 0 Å². The Morgan fingerprint density at radius 3 is 2.00 bits per heavy atom. The van der Waals surface area contributed by atoms with Crippen molar-refractivity contribution in [1.29, 1.82) is 0 Å². The van der Waals surface area contributed by atoms with Crippen molar-refractivity contribution in [3.05, 3.63) is 65.5 Å². The van der Waals surface area contributed by atoms with Crippen molar-refractivity contribution in [1.82, 2.24) is 9.80 Å². The van der Waals surface area contributed by atoms with Gasteiger partial charge < -0.3 is 9.80 Å². The zero-order valence-electron chi connectivity index (χ0n) is 17.0. The number of amides is 2. The molecule has 8 heteroatoms. The Morgan fingerprint density at radius 2 is 1.47 bits per heavy atom. The highest BCUT2D eigenvalue weighted by Gasteiger charge is 2.35. The lowest BCUT2D eigenvalue weighted by Gasteiger charge is -2.36. The summed E-state index contributed by atoms with van der Waals surface area (Å²) in [5, 5.41) is -1.29. The SMILES string of the molecule is CCc1ccc(C(=O)N2CCN(C(=O)C(C)S(=O)(=O)c3ccc(F)cc3)CC2)cc1. The molecule has 3 rings (SSSR count). The highest BCUT2D eigenvalue weighted by Crippen LogP contribution is 2.19. The van der Waals surface area contributed by atoms with Crippen molar-refractivity contribution in [2.24, 2.45) is 0 Å². The van der Waals surface area contributed by atoms with Crippen LogP contribution in [0.4, 0.5) is 4.39 Å². The molecule has 1 fully saturated rings. The highest BCUT2D eigenvalue weighted by atomic mass is 32.2. The van der Waals surface area contributed by atoms with Crippen molar-refractivity contribution >= 4 is 21.7 Å². The number of rotatable bonds is 5. The fourth-order valence-corrected chi connectivity index (χ4v) is 4.75. The van der Waals surface area contributed by atoms with Gasteiger partial charge in [-0.05, 0) is 55.3 Å². The number of carbonyl (C=O) groups is 2. The molecule has 1 saturated heterocycles. The fraction of sp³-hybridized carbons (Fsp3) is 0.364. The molecule has 0 N–H and O–H groups in total. The van der Waals surface area contributed by atoms with E-state index in [0.717, 1.165) is 36.2 Å². The van der Waals surface area contributed by atoms with Crippen molar-refractivity contribution < 1.29 is 22.4 Å². The molecule has 0 aliphatic carbocycles. The lowest BCUT2D eigenvalue weighted by molar-refractivity contribution is -0.131. The van der Waals surface area contributed by atoms with E-state index in [9.17, 15) is 22.4 Å². The van der Waals surface area contributed by atoms with Crippen LogP contribution in [0.1, 0.15) is 29.8 Å². The molecule has 160 valence electrons. The molecule has 0 spiro atoms. The van der Waals surface area contributed by atoms with Crippen LogP contribution in [0.15, 0.2) is 53.4 Å². The summed E-state index contributed by atoms with van der Waals surface area (Å²) in [5.74, 6) is -1.16. The zero-order valence-corrected chi connectivity index (χ0v) is 17.9. The number of aryl methyl sites for hydroxylation is 1. The summed E-state index contributed by atoms with van der Waals surface area (Å²) in [6, 6.07) is 11.9. The molecule has 1 heterocycles. The van der Waals surface area contributed by atoms with Gasteiger partial charge in [-0.15, -0.1) is 0 Å². The monoisotopic (exact) mass is 432 g/mol. The second-order valence-corrected chi connectivity index (χ2v) is 9.58. The molecule has 2 aromatic carbocycles. The summed E-state index contributed by atoms with van der Waals surface area (Å²) in [5.41, 5.74) is 1.75. The van der Waals surface area contributed by atoms with Gasteiger partial charge in [0.15, 0.2) is 9.84 Å². The van der Waals surface area contributed by atoms with Crippen molar-refractivity contribution in [2.45, 2.75) is 30.4 Å². The second kappa shape index (κ2) is 8.95. The third-order valence-electron chi connectivity index (χ3n) is 5.44. The minimum atomic E-state index is -3.92. The molecule has 1 aliphatic heterocycles. The predicted octanol–water partition coefficient (Wildman–Crippen LogP) is 2.53. The van der Waals surface area contributed by atoms with Crippen molar-refractivity contribution in [2.75, 3.05) is 26.2 Å². The molecular weight excluding hydrogens is 407 g/mol. The number of hydrogen-bond donors (Lipinski definition) is 0. The van der Waals surface area contributed by atoms with Crippen LogP contribution in [-0.2, 0) is 21.1 Å². The van der Waals surface area contributed by atoms with Crippen LogP contribution in [0.3, 0.4) is 0 Å². The summed E-state index contributed by atoms with van der Waals surface area (Å²) in [4.78, 5) is 28.5. The molecule has 0 bridgehead atoms. The average molecular weight is 433 g/mol. The smallest absolute Gasteiger partial charge is 0.253 e. The van der Waals surface area contributed by atoms with Crippen LogP contribution in [0.2, 0.25) is 0 Å². The first-order valence-corrected chi connectivity index (χ1v) is 11.4. The minimum absolute atomic E-state index is 0.0888. The van der Waals surface area contributed by atoms with Crippen LogP contribution in [0, 0.1) is 5.82 Å². The predicted molar refractivity (Wildman–Crippen MR) is 111 cm³/mol. The van der Waals surface area contributed by atoms with Gasteiger partial charge in [-0.25, -0.2) is 12.8 Å². The Kier molecular flexibility index (Phi) is 6.55. The Hall–Kier alpha value is -2.74. The van der Waals surface area contributed by atoms with Gasteiger partial charge in [-0.3, -0.25) is 9.59 Å². The first-order chi connectivity index (χ1) is 14.2. The largest absolute Gasteiger partial charge is 0.338 e. The van der Waals surface area contributed by atoms with Crippen LogP contribution < -0.4 is 0 Å². The molecule has 0 radical (unpaired) electrons. The number of piperazine rings is 1. The van der Waals surface area contributed by atoms with Gasteiger partial charge >= 0.3 is 0 Å². The van der Waals surface area contributed by atoms with Gasteiger partial charge in [0.25, 0.3) is 5.91 Å². The summed E-state index contributed by atoms with van der Waals surface area (Å²) >= 11 is 0. The standard InChI is InChI=1S/C22H25FN2O4S/c1-3-17-4-6-18(7-5-17)22(27)25-14-12-24(13-15-25)21(26)16(2)30(28,29)20-10-8-19(23)9-11-20/h4-11,16H,3,12-15H2,1-2H3. The minimum Gasteiger partial charge on any atom is -0.338 e. The Balaban J connectivity index is 1.62. The Labute approximate surface area is 176 Å². The average Bonchev–Trinajstić information content (AvgIpc) is 2.78. The molecular formula is C22H25FN2O4S. The summed E-state index contributed by atoms with van der Waals surface area (Å²) in [6.07, 6.45) is 0.897. The van der Waals surface area contributed by atoms with E-state index in [4.69, 9.17) is 0 Å². The van der Waals surface area contributed by atoms with E-state index in [-0.39, 0.29) is 23.9 Å². The molecule has 6 nitrogen and oxygen atoms in total. The molecule has 0 aromatic heterocycles. The van der Waals surface area contributed by atoms with Gasteiger partial charge in [0.05, 0.1) is 4.90 Å². The first kappa shape index (κ1) is 22.0. The van der Waals surface area contributed by atoms with E-state index in [0.29, 0.717) is 18.7 Å². The summed E-state index contributed by atoms with van der Waals surface area (Å²) < 4.78 is 38.5. The number of nitrogens with zero attached hydrogens (tertiary/aromatic N) is 2. The van der Waals surface area contributed by atoms with Crippen LogP contribution in [0.5, 0.6) is 0 Å². The number of carbonyl (C=O) groups excluding carboxylic acids is 2. The lowest BCUT2D eigenvalue weighted by atomic mass is 10.1. The maximum absolute atomic E-state index is 13.1. The second-order valence-electron chi connectivity index (χ2n) is 7.31. The van der Waals surface area contributed by atoms with E-state index in [1.165, 1.54) is 11.8 Å². The summed E-state index contributed by atoms with van der Waals surface area (Å²) in [7, 11) is -3.92. The number of hydrogen-bond acceptors (Lipinski definition) is 4. The van der Waals surface area contributed by atoms with Gasteiger partial charge in [-0.2, -0.15) is 0 Å². The summed E-state index contributed by atoms with van der Waals surface area (Å²) in [6.45, 7) is 4.59. The normalized spacial score (nSPS) is 15.7. The Bertz CT molecular complexity index is 1010. The maximum Gasteiger partial charge on any atom is 0.253 e. The molecule has 1 unspecified atom stereocenters. The maximum atomic E-state index is 13.1. The van der Waals surface area contributed by atoms with Gasteiger partial charge in [0.2, 0.25) is 5.91 Å². The molecule has 30 heavy (non-hydrogen) atoms. The lowest BCUT2D eigenvalue weighted by Crippen LogP contribution is -2.53. The highest BCUT2D eigenvalue weighted by molar-refractivity contribution is 7.92. The number of halogens is 1. The quantitative estimate of drug-likeness (QED) is 0.681. The number of sulfone groups is 1. The molecule has 2 amide bonds. The van der Waals surface area contributed by atoms with Crippen LogP contribution >= 0.6 is 0 Å². The first-order valence-electron chi connectivity index (χ1n) is 9.90. The third kappa shape index (κ3) is 4.53.